The fourth-order valence-electron chi connectivity index (χ4n) is 2.28. The SMILES string of the molecule is O=C(c1ccccc1Br)N(Cc1ccccn1)Cc1ccco1. The third-order valence-corrected chi connectivity index (χ3v) is 4.09. The van der Waals surface area contributed by atoms with Crippen molar-refractivity contribution in [1.29, 1.82) is 0 Å². The second kappa shape index (κ2) is 7.24. The van der Waals surface area contributed by atoms with Crippen LogP contribution >= 0.6 is 15.9 Å². The molecule has 0 saturated carbocycles. The van der Waals surface area contributed by atoms with Crippen molar-refractivity contribution in [2.24, 2.45) is 0 Å². The zero-order valence-corrected chi connectivity index (χ0v) is 13.9. The summed E-state index contributed by atoms with van der Waals surface area (Å²) >= 11 is 3.44. The first kappa shape index (κ1) is 15.5. The van der Waals surface area contributed by atoms with Crippen molar-refractivity contribution in [2.75, 3.05) is 0 Å². The second-order valence-electron chi connectivity index (χ2n) is 5.04. The summed E-state index contributed by atoms with van der Waals surface area (Å²) in [4.78, 5) is 19.0. The Morgan fingerprint density at radius 1 is 1.04 bits per heavy atom. The molecular weight excluding hydrogens is 356 g/mol. The van der Waals surface area contributed by atoms with Gasteiger partial charge < -0.3 is 9.32 Å². The van der Waals surface area contributed by atoms with E-state index in [0.29, 0.717) is 18.7 Å². The van der Waals surface area contributed by atoms with Gasteiger partial charge in [-0.05, 0) is 52.3 Å². The molecule has 0 N–H and O–H groups in total. The van der Waals surface area contributed by atoms with Gasteiger partial charge in [-0.2, -0.15) is 0 Å². The van der Waals surface area contributed by atoms with Crippen molar-refractivity contribution < 1.29 is 9.21 Å². The number of benzene rings is 1. The van der Waals surface area contributed by atoms with E-state index in [4.69, 9.17) is 4.42 Å². The maximum atomic E-state index is 12.9. The first-order valence-electron chi connectivity index (χ1n) is 7.20. The molecule has 116 valence electrons. The van der Waals surface area contributed by atoms with Gasteiger partial charge in [-0.3, -0.25) is 9.78 Å². The summed E-state index contributed by atoms with van der Waals surface area (Å²) in [6.07, 6.45) is 3.33. The van der Waals surface area contributed by atoms with Gasteiger partial charge in [0, 0.05) is 10.7 Å². The first-order valence-corrected chi connectivity index (χ1v) is 7.99. The van der Waals surface area contributed by atoms with Crippen LogP contribution in [0.4, 0.5) is 0 Å². The van der Waals surface area contributed by atoms with Gasteiger partial charge in [-0.25, -0.2) is 0 Å². The van der Waals surface area contributed by atoms with E-state index in [0.717, 1.165) is 15.9 Å². The Balaban J connectivity index is 1.88. The quantitative estimate of drug-likeness (QED) is 0.673. The van der Waals surface area contributed by atoms with Gasteiger partial charge in [-0.1, -0.05) is 18.2 Å². The normalized spacial score (nSPS) is 10.5. The van der Waals surface area contributed by atoms with Crippen molar-refractivity contribution in [1.82, 2.24) is 9.88 Å². The summed E-state index contributed by atoms with van der Waals surface area (Å²) < 4.78 is 6.17. The Labute approximate surface area is 142 Å². The zero-order valence-electron chi connectivity index (χ0n) is 12.4. The number of halogens is 1. The van der Waals surface area contributed by atoms with Gasteiger partial charge in [0.1, 0.15) is 5.76 Å². The third-order valence-electron chi connectivity index (χ3n) is 3.40. The van der Waals surface area contributed by atoms with E-state index in [1.54, 1.807) is 23.4 Å². The number of hydrogen-bond donors (Lipinski definition) is 0. The number of hydrogen-bond acceptors (Lipinski definition) is 3. The molecule has 1 amide bonds. The predicted molar refractivity (Wildman–Crippen MR) is 90.7 cm³/mol. The monoisotopic (exact) mass is 370 g/mol. The number of rotatable bonds is 5. The lowest BCUT2D eigenvalue weighted by molar-refractivity contribution is 0.0714. The number of aromatic nitrogens is 1. The highest BCUT2D eigenvalue weighted by molar-refractivity contribution is 9.10. The number of carbonyl (C=O) groups excluding carboxylic acids is 1. The third kappa shape index (κ3) is 3.87. The highest BCUT2D eigenvalue weighted by Crippen LogP contribution is 2.20. The molecule has 0 saturated heterocycles. The Bertz CT molecular complexity index is 773. The summed E-state index contributed by atoms with van der Waals surface area (Å²) in [6, 6.07) is 16.8. The van der Waals surface area contributed by atoms with Crippen LogP contribution in [0.25, 0.3) is 0 Å². The molecule has 0 bridgehead atoms. The highest BCUT2D eigenvalue weighted by Gasteiger charge is 2.20. The van der Waals surface area contributed by atoms with Crippen LogP contribution in [0.1, 0.15) is 21.8 Å². The van der Waals surface area contributed by atoms with Crippen LogP contribution in [-0.2, 0) is 13.1 Å². The van der Waals surface area contributed by atoms with Crippen molar-refractivity contribution in [3.8, 4) is 0 Å². The number of furan rings is 1. The Morgan fingerprint density at radius 3 is 2.57 bits per heavy atom. The molecule has 0 fully saturated rings. The Kier molecular flexibility index (Phi) is 4.88. The Morgan fingerprint density at radius 2 is 1.87 bits per heavy atom. The van der Waals surface area contributed by atoms with Crippen LogP contribution in [0.2, 0.25) is 0 Å². The van der Waals surface area contributed by atoms with Crippen LogP contribution in [0.5, 0.6) is 0 Å². The van der Waals surface area contributed by atoms with E-state index in [2.05, 4.69) is 20.9 Å². The van der Waals surface area contributed by atoms with Crippen molar-refractivity contribution >= 4 is 21.8 Å². The van der Waals surface area contributed by atoms with Crippen molar-refractivity contribution in [3.05, 3.63) is 88.5 Å². The van der Waals surface area contributed by atoms with Gasteiger partial charge in [0.15, 0.2) is 0 Å². The van der Waals surface area contributed by atoms with E-state index in [1.165, 1.54) is 0 Å². The van der Waals surface area contributed by atoms with E-state index >= 15 is 0 Å². The summed E-state index contributed by atoms with van der Waals surface area (Å²) in [5.41, 5.74) is 1.45. The highest BCUT2D eigenvalue weighted by atomic mass is 79.9. The molecule has 0 aliphatic rings. The lowest BCUT2D eigenvalue weighted by Crippen LogP contribution is -2.30. The van der Waals surface area contributed by atoms with Gasteiger partial charge in [0.05, 0.1) is 30.6 Å². The fourth-order valence-corrected chi connectivity index (χ4v) is 2.74. The van der Waals surface area contributed by atoms with Gasteiger partial charge in [0.2, 0.25) is 0 Å². The summed E-state index contributed by atoms with van der Waals surface area (Å²) in [5, 5.41) is 0. The summed E-state index contributed by atoms with van der Waals surface area (Å²) in [7, 11) is 0. The molecule has 5 heteroatoms. The predicted octanol–water partition coefficient (Wildman–Crippen LogP) is 4.28. The smallest absolute Gasteiger partial charge is 0.255 e. The standard InChI is InChI=1S/C18H15BrN2O2/c19-17-9-2-1-8-16(17)18(22)21(13-15-7-5-11-23-15)12-14-6-3-4-10-20-14/h1-11H,12-13H2. The Hall–Kier alpha value is -2.40. The molecule has 4 nitrogen and oxygen atoms in total. The van der Waals surface area contributed by atoms with Gasteiger partial charge >= 0.3 is 0 Å². The van der Waals surface area contributed by atoms with E-state index in [-0.39, 0.29) is 5.91 Å². The average molecular weight is 371 g/mol. The van der Waals surface area contributed by atoms with Crippen LogP contribution in [0.3, 0.4) is 0 Å². The van der Waals surface area contributed by atoms with E-state index < -0.39 is 0 Å². The number of carbonyl (C=O) groups is 1. The van der Waals surface area contributed by atoms with Gasteiger partial charge in [-0.15, -0.1) is 0 Å². The number of pyridine rings is 1. The first-order chi connectivity index (χ1) is 11.2. The molecule has 2 heterocycles. The largest absolute Gasteiger partial charge is 0.467 e. The molecule has 0 atom stereocenters. The molecule has 0 aliphatic heterocycles. The van der Waals surface area contributed by atoms with E-state index in [1.807, 2.05) is 48.5 Å². The second-order valence-corrected chi connectivity index (χ2v) is 5.90. The minimum Gasteiger partial charge on any atom is -0.467 e. The number of nitrogens with zero attached hydrogens (tertiary/aromatic N) is 2. The lowest BCUT2D eigenvalue weighted by atomic mass is 10.2. The molecule has 0 spiro atoms. The maximum Gasteiger partial charge on any atom is 0.255 e. The molecule has 23 heavy (non-hydrogen) atoms. The van der Waals surface area contributed by atoms with Gasteiger partial charge in [0.25, 0.3) is 5.91 Å². The molecule has 0 aliphatic carbocycles. The van der Waals surface area contributed by atoms with Crippen LogP contribution < -0.4 is 0 Å². The molecule has 3 aromatic rings. The van der Waals surface area contributed by atoms with E-state index in [9.17, 15) is 4.79 Å². The molecule has 3 rings (SSSR count). The van der Waals surface area contributed by atoms with Crippen LogP contribution in [0, 0.1) is 0 Å². The summed E-state index contributed by atoms with van der Waals surface area (Å²) in [5.74, 6) is 0.667. The number of amides is 1. The van der Waals surface area contributed by atoms with Crippen LogP contribution in [-0.4, -0.2) is 15.8 Å². The summed E-state index contributed by atoms with van der Waals surface area (Å²) in [6.45, 7) is 0.811. The minimum atomic E-state index is -0.0699. The minimum absolute atomic E-state index is 0.0699. The van der Waals surface area contributed by atoms with Crippen molar-refractivity contribution in [3.63, 3.8) is 0 Å². The molecular formula is C18H15BrN2O2. The van der Waals surface area contributed by atoms with Crippen LogP contribution in [0.15, 0.2) is 75.9 Å². The fraction of sp³-hybridized carbons (Fsp3) is 0.111. The average Bonchev–Trinajstić information content (AvgIpc) is 3.08. The van der Waals surface area contributed by atoms with Crippen molar-refractivity contribution in [2.45, 2.75) is 13.1 Å². The molecule has 2 aromatic heterocycles. The molecule has 0 radical (unpaired) electrons. The molecule has 1 aromatic carbocycles. The topological polar surface area (TPSA) is 46.3 Å². The lowest BCUT2D eigenvalue weighted by Gasteiger charge is -2.22. The molecule has 0 unspecified atom stereocenters. The maximum absolute atomic E-state index is 12.9. The zero-order chi connectivity index (χ0) is 16.1.